The molecule has 2 aromatic rings. The van der Waals surface area contributed by atoms with Gasteiger partial charge in [-0.1, -0.05) is 35.9 Å². The number of aryl methyl sites for hydroxylation is 2. The lowest BCUT2D eigenvalue weighted by atomic mass is 10.0. The van der Waals surface area contributed by atoms with E-state index in [1.807, 2.05) is 52.0 Å². The number of rotatable bonds is 6. The smallest absolute Gasteiger partial charge is 0.224 e. The van der Waals surface area contributed by atoms with Gasteiger partial charge in [-0.15, -0.1) is 0 Å². The molecule has 3 heteroatoms. The summed E-state index contributed by atoms with van der Waals surface area (Å²) in [6.07, 6.45) is 0.412. The van der Waals surface area contributed by atoms with Gasteiger partial charge in [-0.25, -0.2) is 0 Å². The molecule has 0 aliphatic rings. The largest absolute Gasteiger partial charge is 0.494 e. The summed E-state index contributed by atoms with van der Waals surface area (Å²) in [5.74, 6) is 0.894. The molecule has 3 nitrogen and oxygen atoms in total. The van der Waals surface area contributed by atoms with Crippen molar-refractivity contribution in [2.45, 2.75) is 40.2 Å². The molecule has 0 spiro atoms. The summed E-state index contributed by atoms with van der Waals surface area (Å²) in [4.78, 5) is 12.3. The van der Waals surface area contributed by atoms with Crippen molar-refractivity contribution in [2.24, 2.45) is 0 Å². The number of benzene rings is 2. The van der Waals surface area contributed by atoms with Crippen LogP contribution in [0.4, 0.5) is 0 Å². The molecule has 1 N–H and O–H groups in total. The van der Waals surface area contributed by atoms with Crippen molar-refractivity contribution >= 4 is 5.91 Å². The van der Waals surface area contributed by atoms with Gasteiger partial charge in [0.1, 0.15) is 5.75 Å². The number of carbonyl (C=O) groups excluding carboxylic acids is 1. The summed E-state index contributed by atoms with van der Waals surface area (Å²) in [5.41, 5.74) is 4.49. The summed E-state index contributed by atoms with van der Waals surface area (Å²) in [5, 5.41) is 3.06. The molecule has 0 aromatic heterocycles. The molecule has 0 heterocycles. The number of ether oxygens (including phenoxy) is 1. The SMILES string of the molecule is CCOc1ccc([C@H](C)NC(=O)Cc2cc(C)ccc2C)cc1. The van der Waals surface area contributed by atoms with Gasteiger partial charge >= 0.3 is 0 Å². The van der Waals surface area contributed by atoms with E-state index in [-0.39, 0.29) is 11.9 Å². The van der Waals surface area contributed by atoms with Gasteiger partial charge in [0.25, 0.3) is 0 Å². The van der Waals surface area contributed by atoms with Gasteiger partial charge in [-0.2, -0.15) is 0 Å². The van der Waals surface area contributed by atoms with E-state index in [1.54, 1.807) is 0 Å². The fraction of sp³-hybridized carbons (Fsp3) is 0.350. The molecule has 0 bridgehead atoms. The Balaban J connectivity index is 1.97. The molecular weight excluding hydrogens is 286 g/mol. The van der Waals surface area contributed by atoms with E-state index < -0.39 is 0 Å². The minimum atomic E-state index is -0.0247. The minimum absolute atomic E-state index is 0.0247. The van der Waals surface area contributed by atoms with Crippen LogP contribution in [0.5, 0.6) is 5.75 Å². The van der Waals surface area contributed by atoms with Crippen molar-refractivity contribution in [3.63, 3.8) is 0 Å². The van der Waals surface area contributed by atoms with E-state index in [0.29, 0.717) is 13.0 Å². The van der Waals surface area contributed by atoms with E-state index in [9.17, 15) is 4.79 Å². The van der Waals surface area contributed by atoms with Gasteiger partial charge in [0.2, 0.25) is 5.91 Å². The molecule has 1 amide bonds. The standard InChI is InChI=1S/C20H25NO2/c1-5-23-19-10-8-17(9-11-19)16(4)21-20(22)13-18-12-14(2)6-7-15(18)3/h6-12,16H,5,13H2,1-4H3,(H,21,22)/t16-/m0/s1. The maximum Gasteiger partial charge on any atom is 0.224 e. The van der Waals surface area contributed by atoms with E-state index in [2.05, 4.69) is 23.5 Å². The zero-order valence-electron chi connectivity index (χ0n) is 14.3. The Labute approximate surface area is 138 Å². The van der Waals surface area contributed by atoms with E-state index in [4.69, 9.17) is 4.74 Å². The second-order valence-electron chi connectivity index (χ2n) is 5.90. The summed E-state index contributed by atoms with van der Waals surface area (Å²) in [6.45, 7) is 8.70. The van der Waals surface area contributed by atoms with Crippen molar-refractivity contribution in [1.29, 1.82) is 0 Å². The molecule has 122 valence electrons. The van der Waals surface area contributed by atoms with Crippen LogP contribution in [0.3, 0.4) is 0 Å². The van der Waals surface area contributed by atoms with Crippen LogP contribution in [0.1, 0.15) is 42.1 Å². The first kappa shape index (κ1) is 17.1. The van der Waals surface area contributed by atoms with Crippen LogP contribution in [-0.2, 0) is 11.2 Å². The van der Waals surface area contributed by atoms with E-state index in [1.165, 1.54) is 5.56 Å². The molecule has 0 aliphatic carbocycles. The van der Waals surface area contributed by atoms with Crippen LogP contribution < -0.4 is 10.1 Å². The van der Waals surface area contributed by atoms with Crippen LogP contribution >= 0.6 is 0 Å². The lowest BCUT2D eigenvalue weighted by Crippen LogP contribution is -2.28. The predicted octanol–water partition coefficient (Wildman–Crippen LogP) is 4.12. The average Bonchev–Trinajstić information content (AvgIpc) is 2.52. The van der Waals surface area contributed by atoms with Gasteiger partial charge in [-0.05, 0) is 56.5 Å². The van der Waals surface area contributed by atoms with Crippen LogP contribution in [-0.4, -0.2) is 12.5 Å². The zero-order valence-corrected chi connectivity index (χ0v) is 14.3. The van der Waals surface area contributed by atoms with Crippen molar-refractivity contribution in [1.82, 2.24) is 5.32 Å². The Hall–Kier alpha value is -2.29. The molecule has 0 aliphatic heterocycles. The highest BCUT2D eigenvalue weighted by atomic mass is 16.5. The molecule has 0 saturated carbocycles. The van der Waals surface area contributed by atoms with Crippen molar-refractivity contribution < 1.29 is 9.53 Å². The summed E-state index contributed by atoms with van der Waals surface area (Å²) in [6, 6.07) is 14.0. The first-order valence-corrected chi connectivity index (χ1v) is 8.08. The van der Waals surface area contributed by atoms with Crippen molar-refractivity contribution in [2.75, 3.05) is 6.61 Å². The third-order valence-electron chi connectivity index (χ3n) is 3.92. The summed E-state index contributed by atoms with van der Waals surface area (Å²) >= 11 is 0. The van der Waals surface area contributed by atoms with Crippen LogP contribution in [0, 0.1) is 13.8 Å². The van der Waals surface area contributed by atoms with E-state index in [0.717, 1.165) is 22.4 Å². The third kappa shape index (κ3) is 4.85. The number of hydrogen-bond acceptors (Lipinski definition) is 2. The van der Waals surface area contributed by atoms with Crippen molar-refractivity contribution in [3.05, 3.63) is 64.7 Å². The maximum absolute atomic E-state index is 12.3. The molecule has 0 fully saturated rings. The quantitative estimate of drug-likeness (QED) is 0.871. The Morgan fingerprint density at radius 1 is 1.13 bits per heavy atom. The first-order valence-electron chi connectivity index (χ1n) is 8.08. The van der Waals surface area contributed by atoms with Crippen molar-refractivity contribution in [3.8, 4) is 5.75 Å². The number of hydrogen-bond donors (Lipinski definition) is 1. The van der Waals surface area contributed by atoms with Gasteiger partial charge in [-0.3, -0.25) is 4.79 Å². The topological polar surface area (TPSA) is 38.3 Å². The minimum Gasteiger partial charge on any atom is -0.494 e. The predicted molar refractivity (Wildman–Crippen MR) is 93.8 cm³/mol. The summed E-state index contributed by atoms with van der Waals surface area (Å²) in [7, 11) is 0. The Bertz CT molecular complexity index is 662. The van der Waals surface area contributed by atoms with Gasteiger partial charge in [0.15, 0.2) is 0 Å². The number of amides is 1. The second kappa shape index (κ2) is 7.82. The van der Waals surface area contributed by atoms with Crippen LogP contribution in [0.2, 0.25) is 0 Å². The number of nitrogens with one attached hydrogen (secondary N) is 1. The Morgan fingerprint density at radius 3 is 2.48 bits per heavy atom. The highest BCUT2D eigenvalue weighted by molar-refractivity contribution is 5.79. The molecule has 2 rings (SSSR count). The highest BCUT2D eigenvalue weighted by Gasteiger charge is 2.11. The number of carbonyl (C=O) groups is 1. The van der Waals surface area contributed by atoms with Crippen LogP contribution in [0.25, 0.3) is 0 Å². The molecule has 1 atom stereocenters. The van der Waals surface area contributed by atoms with E-state index >= 15 is 0 Å². The second-order valence-corrected chi connectivity index (χ2v) is 5.90. The monoisotopic (exact) mass is 311 g/mol. The van der Waals surface area contributed by atoms with Gasteiger partial charge in [0, 0.05) is 0 Å². The fourth-order valence-corrected chi connectivity index (χ4v) is 2.56. The lowest BCUT2D eigenvalue weighted by molar-refractivity contribution is -0.121. The molecular formula is C20H25NO2. The third-order valence-corrected chi connectivity index (χ3v) is 3.92. The first-order chi connectivity index (χ1) is 11.0. The average molecular weight is 311 g/mol. The lowest BCUT2D eigenvalue weighted by Gasteiger charge is -2.16. The zero-order chi connectivity index (χ0) is 16.8. The molecule has 0 radical (unpaired) electrons. The molecule has 0 unspecified atom stereocenters. The maximum atomic E-state index is 12.3. The van der Waals surface area contributed by atoms with Gasteiger partial charge in [0.05, 0.1) is 19.1 Å². The molecule has 0 saturated heterocycles. The Morgan fingerprint density at radius 2 is 1.83 bits per heavy atom. The molecule has 23 heavy (non-hydrogen) atoms. The highest BCUT2D eigenvalue weighted by Crippen LogP contribution is 2.18. The normalized spacial score (nSPS) is 11.8. The fourth-order valence-electron chi connectivity index (χ4n) is 2.56. The molecule has 2 aromatic carbocycles. The van der Waals surface area contributed by atoms with Gasteiger partial charge < -0.3 is 10.1 Å². The van der Waals surface area contributed by atoms with Crippen LogP contribution in [0.15, 0.2) is 42.5 Å². The Kier molecular flexibility index (Phi) is 5.80. The summed E-state index contributed by atoms with van der Waals surface area (Å²) < 4.78 is 5.44.